The molecule has 5 aromatic carbocycles. The van der Waals surface area contributed by atoms with Gasteiger partial charge in [0.1, 0.15) is 5.82 Å². The Balaban J connectivity index is 1.41. The standard InChI is InChI=1S/C43H39N5/c1-26-19-28(3)40(29(4)20-26)37-25-45-48(42(37)41-30(5)21-27(2)22-31(41)6)34-15-16-36-35-13-8-9-14-38(35)47(39(36)24-34)33-12-10-11-32(23-33)43-44-17-18-46(43)7/h8-25H,1-7H3. The minimum absolute atomic E-state index is 0.942. The largest absolute Gasteiger partial charge is 0.334 e. The summed E-state index contributed by atoms with van der Waals surface area (Å²) in [5, 5.41) is 7.59. The van der Waals surface area contributed by atoms with Crippen molar-refractivity contribution in [1.29, 1.82) is 0 Å². The molecule has 0 bridgehead atoms. The summed E-state index contributed by atoms with van der Waals surface area (Å²) in [7, 11) is 2.04. The molecule has 3 aromatic heterocycles. The van der Waals surface area contributed by atoms with Gasteiger partial charge in [-0.25, -0.2) is 9.67 Å². The van der Waals surface area contributed by atoms with Crippen LogP contribution in [0.2, 0.25) is 0 Å². The average molecular weight is 626 g/mol. The fraction of sp³-hybridized carbons (Fsp3) is 0.163. The van der Waals surface area contributed by atoms with E-state index < -0.39 is 0 Å². The van der Waals surface area contributed by atoms with Gasteiger partial charge in [-0.15, -0.1) is 0 Å². The molecule has 5 nitrogen and oxygen atoms in total. The molecule has 8 aromatic rings. The Bertz CT molecular complexity index is 2490. The van der Waals surface area contributed by atoms with Gasteiger partial charge < -0.3 is 9.13 Å². The zero-order valence-corrected chi connectivity index (χ0v) is 28.6. The summed E-state index contributed by atoms with van der Waals surface area (Å²) in [4.78, 5) is 4.63. The van der Waals surface area contributed by atoms with Crippen LogP contribution in [0.3, 0.4) is 0 Å². The highest BCUT2D eigenvalue weighted by atomic mass is 15.3. The maximum atomic E-state index is 5.17. The molecular formula is C43H39N5. The molecule has 0 aliphatic heterocycles. The molecule has 0 saturated heterocycles. The molecule has 0 aliphatic rings. The third kappa shape index (κ3) is 4.69. The maximum Gasteiger partial charge on any atom is 0.139 e. The third-order valence-corrected chi connectivity index (χ3v) is 9.72. The first-order valence-corrected chi connectivity index (χ1v) is 16.6. The molecule has 0 aliphatic carbocycles. The Labute approximate surface area is 281 Å². The van der Waals surface area contributed by atoms with Crippen molar-refractivity contribution in [3.05, 3.63) is 143 Å². The third-order valence-electron chi connectivity index (χ3n) is 9.72. The summed E-state index contributed by atoms with van der Waals surface area (Å²) in [5.41, 5.74) is 17.8. The number of imidazole rings is 1. The highest BCUT2D eigenvalue weighted by molar-refractivity contribution is 6.10. The lowest BCUT2D eigenvalue weighted by Crippen LogP contribution is -2.03. The monoisotopic (exact) mass is 625 g/mol. The zero-order valence-electron chi connectivity index (χ0n) is 28.6. The number of benzene rings is 5. The summed E-state index contributed by atoms with van der Waals surface area (Å²) in [5.74, 6) is 0.942. The van der Waals surface area contributed by atoms with E-state index in [1.54, 1.807) is 0 Å². The number of nitrogens with zero attached hydrogens (tertiary/aromatic N) is 5. The number of hydrogen-bond acceptors (Lipinski definition) is 2. The van der Waals surface area contributed by atoms with Gasteiger partial charge in [-0.05, 0) is 99.7 Å². The normalized spacial score (nSPS) is 11.6. The molecule has 0 spiro atoms. The molecule has 236 valence electrons. The van der Waals surface area contributed by atoms with Crippen molar-refractivity contribution < 1.29 is 0 Å². The van der Waals surface area contributed by atoms with Crippen LogP contribution in [0.1, 0.15) is 33.4 Å². The molecule has 0 amide bonds. The first-order valence-electron chi connectivity index (χ1n) is 16.6. The van der Waals surface area contributed by atoms with Crippen LogP contribution in [0.5, 0.6) is 0 Å². The first-order chi connectivity index (χ1) is 23.2. The zero-order chi connectivity index (χ0) is 33.3. The molecular weight excluding hydrogens is 587 g/mol. The van der Waals surface area contributed by atoms with Crippen LogP contribution in [0.4, 0.5) is 0 Å². The van der Waals surface area contributed by atoms with E-state index in [2.05, 4.69) is 158 Å². The number of hydrogen-bond donors (Lipinski definition) is 0. The van der Waals surface area contributed by atoms with Crippen LogP contribution < -0.4 is 0 Å². The lowest BCUT2D eigenvalue weighted by molar-refractivity contribution is 0.887. The predicted molar refractivity (Wildman–Crippen MR) is 199 cm³/mol. The van der Waals surface area contributed by atoms with Crippen molar-refractivity contribution in [2.45, 2.75) is 41.5 Å². The molecule has 0 unspecified atom stereocenters. The van der Waals surface area contributed by atoms with E-state index in [0.717, 1.165) is 39.5 Å². The number of para-hydroxylation sites is 1. The van der Waals surface area contributed by atoms with Gasteiger partial charge in [0.05, 0.1) is 28.6 Å². The van der Waals surface area contributed by atoms with Crippen LogP contribution in [0.15, 0.2) is 110 Å². The fourth-order valence-corrected chi connectivity index (χ4v) is 7.92. The molecule has 8 rings (SSSR count). The van der Waals surface area contributed by atoms with E-state index in [4.69, 9.17) is 5.10 Å². The van der Waals surface area contributed by atoms with Crippen LogP contribution >= 0.6 is 0 Å². The topological polar surface area (TPSA) is 40.6 Å². The summed E-state index contributed by atoms with van der Waals surface area (Å²) in [6, 6.07) is 33.3. The van der Waals surface area contributed by atoms with Crippen molar-refractivity contribution in [2.75, 3.05) is 0 Å². The lowest BCUT2D eigenvalue weighted by Gasteiger charge is -2.18. The van der Waals surface area contributed by atoms with E-state index >= 15 is 0 Å². The van der Waals surface area contributed by atoms with Gasteiger partial charge in [-0.1, -0.05) is 71.8 Å². The van der Waals surface area contributed by atoms with Crippen LogP contribution in [0.25, 0.3) is 67.0 Å². The van der Waals surface area contributed by atoms with Gasteiger partial charge in [0, 0.05) is 52.6 Å². The van der Waals surface area contributed by atoms with Crippen molar-refractivity contribution in [3.63, 3.8) is 0 Å². The second-order valence-electron chi connectivity index (χ2n) is 13.3. The Hall–Kier alpha value is -5.68. The summed E-state index contributed by atoms with van der Waals surface area (Å²) < 4.78 is 6.60. The number of aryl methyl sites for hydroxylation is 7. The summed E-state index contributed by atoms with van der Waals surface area (Å²) >= 11 is 0. The smallest absolute Gasteiger partial charge is 0.139 e. The highest BCUT2D eigenvalue weighted by Crippen LogP contribution is 2.42. The molecule has 3 heterocycles. The number of rotatable bonds is 5. The van der Waals surface area contributed by atoms with Gasteiger partial charge in [0.25, 0.3) is 0 Å². The Morgan fingerprint density at radius 2 is 1.25 bits per heavy atom. The summed E-state index contributed by atoms with van der Waals surface area (Å²) in [6.07, 6.45) is 5.90. The van der Waals surface area contributed by atoms with Gasteiger partial charge in [0.2, 0.25) is 0 Å². The number of fused-ring (bicyclic) bond motifs is 3. The van der Waals surface area contributed by atoms with E-state index in [-0.39, 0.29) is 0 Å². The van der Waals surface area contributed by atoms with E-state index in [1.807, 2.05) is 19.4 Å². The Morgan fingerprint density at radius 3 is 1.94 bits per heavy atom. The van der Waals surface area contributed by atoms with Crippen LogP contribution in [-0.2, 0) is 7.05 Å². The molecule has 0 N–H and O–H groups in total. The Morgan fingerprint density at radius 1 is 0.583 bits per heavy atom. The van der Waals surface area contributed by atoms with E-state index in [0.29, 0.717) is 0 Å². The van der Waals surface area contributed by atoms with Gasteiger partial charge >= 0.3 is 0 Å². The van der Waals surface area contributed by atoms with Gasteiger partial charge in [-0.2, -0.15) is 5.10 Å². The molecule has 5 heteroatoms. The summed E-state index contributed by atoms with van der Waals surface area (Å²) in [6.45, 7) is 13.2. The molecule has 48 heavy (non-hydrogen) atoms. The quantitative estimate of drug-likeness (QED) is 0.191. The predicted octanol–water partition coefficient (Wildman–Crippen LogP) is 10.6. The van der Waals surface area contributed by atoms with Crippen LogP contribution in [-0.4, -0.2) is 23.9 Å². The maximum absolute atomic E-state index is 5.17. The van der Waals surface area contributed by atoms with Crippen molar-refractivity contribution >= 4 is 21.8 Å². The van der Waals surface area contributed by atoms with Gasteiger partial charge in [-0.3, -0.25) is 0 Å². The van der Waals surface area contributed by atoms with Crippen molar-refractivity contribution in [3.8, 4) is 45.1 Å². The second kappa shape index (κ2) is 11.2. The van der Waals surface area contributed by atoms with E-state index in [9.17, 15) is 0 Å². The van der Waals surface area contributed by atoms with Gasteiger partial charge in [0.15, 0.2) is 0 Å². The molecule has 0 fully saturated rings. The first kappa shape index (κ1) is 29.7. The lowest BCUT2D eigenvalue weighted by atomic mass is 9.89. The van der Waals surface area contributed by atoms with E-state index in [1.165, 1.54) is 60.8 Å². The minimum atomic E-state index is 0.942. The highest BCUT2D eigenvalue weighted by Gasteiger charge is 2.23. The SMILES string of the molecule is Cc1cc(C)c(-c2cnn(-c3ccc4c5ccccc5n(-c5cccc(-c6nccn6C)c5)c4c3)c2-c2c(C)cc(C)cc2C)c(C)c1. The minimum Gasteiger partial charge on any atom is -0.334 e. The Kier molecular flexibility index (Phi) is 6.95. The molecule has 0 atom stereocenters. The van der Waals surface area contributed by atoms with Crippen molar-refractivity contribution in [2.24, 2.45) is 7.05 Å². The molecule has 0 radical (unpaired) electrons. The fourth-order valence-electron chi connectivity index (χ4n) is 7.92. The average Bonchev–Trinajstić information content (AvgIpc) is 3.76. The van der Waals surface area contributed by atoms with Crippen molar-refractivity contribution in [1.82, 2.24) is 23.9 Å². The second-order valence-corrected chi connectivity index (χ2v) is 13.3. The molecule has 0 saturated carbocycles. The van der Waals surface area contributed by atoms with Crippen LogP contribution in [0, 0.1) is 41.5 Å². The number of aromatic nitrogens is 5.